The van der Waals surface area contributed by atoms with Gasteiger partial charge in [-0.05, 0) is 24.6 Å². The average molecular weight is 234 g/mol. The molecular weight excluding hydrogens is 216 g/mol. The van der Waals surface area contributed by atoms with Crippen molar-refractivity contribution in [1.29, 1.82) is 0 Å². The predicted molar refractivity (Wildman–Crippen MR) is 63.6 cm³/mol. The molecule has 4 heteroatoms. The number of aromatic nitrogens is 1. The van der Waals surface area contributed by atoms with Crippen LogP contribution in [-0.4, -0.2) is 36.4 Å². The van der Waals surface area contributed by atoms with E-state index in [1.54, 1.807) is 6.20 Å². The second-order valence-corrected chi connectivity index (χ2v) is 4.92. The molecule has 0 saturated carbocycles. The topological polar surface area (TPSA) is 43.4 Å². The number of ether oxygens (including phenoxy) is 2. The smallest absolute Gasteiger partial charge is 0.0845 e. The molecule has 1 aromatic rings. The van der Waals surface area contributed by atoms with Crippen LogP contribution in [0, 0.1) is 0 Å². The molecule has 3 rings (SSSR count). The highest BCUT2D eigenvalue weighted by molar-refractivity contribution is 5.07. The van der Waals surface area contributed by atoms with E-state index in [0.29, 0.717) is 6.61 Å². The van der Waals surface area contributed by atoms with E-state index in [-0.39, 0.29) is 11.7 Å². The van der Waals surface area contributed by atoms with E-state index in [9.17, 15) is 0 Å². The zero-order valence-corrected chi connectivity index (χ0v) is 9.89. The summed E-state index contributed by atoms with van der Waals surface area (Å²) in [5.41, 5.74) is 1.18. The Morgan fingerprint density at radius 2 is 2.59 bits per heavy atom. The molecule has 4 nitrogen and oxygen atoms in total. The Labute approximate surface area is 101 Å². The summed E-state index contributed by atoms with van der Waals surface area (Å²) in [6.45, 7) is 3.39. The summed E-state index contributed by atoms with van der Waals surface area (Å²) in [5, 5.41) is 3.36. The first-order valence-electron chi connectivity index (χ1n) is 6.22. The molecule has 0 aliphatic carbocycles. The van der Waals surface area contributed by atoms with Crippen LogP contribution in [0.3, 0.4) is 0 Å². The maximum absolute atomic E-state index is 5.90. The van der Waals surface area contributed by atoms with Gasteiger partial charge in [0.25, 0.3) is 0 Å². The maximum Gasteiger partial charge on any atom is 0.0845 e. The molecule has 2 saturated heterocycles. The molecule has 0 bridgehead atoms. The molecule has 17 heavy (non-hydrogen) atoms. The molecule has 1 N–H and O–H groups in total. The van der Waals surface area contributed by atoms with E-state index in [4.69, 9.17) is 9.47 Å². The molecule has 1 spiro atoms. The van der Waals surface area contributed by atoms with E-state index < -0.39 is 0 Å². The first kappa shape index (κ1) is 11.1. The van der Waals surface area contributed by atoms with Crippen molar-refractivity contribution in [2.24, 2.45) is 0 Å². The van der Waals surface area contributed by atoms with Gasteiger partial charge in [-0.15, -0.1) is 0 Å². The van der Waals surface area contributed by atoms with Gasteiger partial charge in [-0.1, -0.05) is 6.07 Å². The van der Waals surface area contributed by atoms with E-state index in [1.807, 2.05) is 18.3 Å². The minimum Gasteiger partial charge on any atom is -0.371 e. The monoisotopic (exact) mass is 234 g/mol. The number of hydrogen-bond donors (Lipinski definition) is 1. The Balaban J connectivity index is 1.51. The van der Waals surface area contributed by atoms with E-state index >= 15 is 0 Å². The van der Waals surface area contributed by atoms with Gasteiger partial charge in [-0.25, -0.2) is 0 Å². The third-order valence-corrected chi connectivity index (χ3v) is 3.59. The van der Waals surface area contributed by atoms with Gasteiger partial charge in [-0.2, -0.15) is 0 Å². The fraction of sp³-hybridized carbons (Fsp3) is 0.615. The van der Waals surface area contributed by atoms with Crippen molar-refractivity contribution >= 4 is 0 Å². The van der Waals surface area contributed by atoms with Gasteiger partial charge in [0, 0.05) is 25.4 Å². The van der Waals surface area contributed by atoms with Crippen LogP contribution < -0.4 is 5.32 Å². The zero-order chi connectivity index (χ0) is 11.6. The van der Waals surface area contributed by atoms with Crippen LogP contribution in [0.1, 0.15) is 18.4 Å². The van der Waals surface area contributed by atoms with E-state index in [2.05, 4.69) is 10.3 Å². The standard InChI is InChI=1S/C13H18N2O2/c1-2-11(7-14-4-1)8-16-12-6-13(17-9-12)3-5-15-10-13/h1-2,4,7,12,15H,3,5-6,8-10H2. The van der Waals surface area contributed by atoms with Crippen LogP contribution in [0.4, 0.5) is 0 Å². The van der Waals surface area contributed by atoms with Gasteiger partial charge in [0.2, 0.25) is 0 Å². The summed E-state index contributed by atoms with van der Waals surface area (Å²) in [7, 11) is 0. The molecule has 2 fully saturated rings. The van der Waals surface area contributed by atoms with Gasteiger partial charge in [0.1, 0.15) is 0 Å². The predicted octanol–water partition coefficient (Wildman–Crippen LogP) is 1.12. The molecule has 0 aromatic carbocycles. The van der Waals surface area contributed by atoms with Gasteiger partial charge < -0.3 is 14.8 Å². The van der Waals surface area contributed by atoms with Crippen LogP contribution in [0.25, 0.3) is 0 Å². The first-order chi connectivity index (χ1) is 8.36. The molecule has 2 unspecified atom stereocenters. The molecule has 2 aliphatic heterocycles. The Morgan fingerprint density at radius 3 is 3.35 bits per heavy atom. The lowest BCUT2D eigenvalue weighted by Crippen LogP contribution is -2.30. The summed E-state index contributed by atoms with van der Waals surface area (Å²) in [4.78, 5) is 4.08. The Kier molecular flexibility index (Phi) is 3.09. The maximum atomic E-state index is 5.90. The molecule has 2 aliphatic rings. The fourth-order valence-corrected chi connectivity index (χ4v) is 2.63. The van der Waals surface area contributed by atoms with Crippen molar-refractivity contribution in [3.63, 3.8) is 0 Å². The normalized spacial score (nSPS) is 32.4. The summed E-state index contributed by atoms with van der Waals surface area (Å²) < 4.78 is 11.8. The summed E-state index contributed by atoms with van der Waals surface area (Å²) in [5.74, 6) is 0. The summed E-state index contributed by atoms with van der Waals surface area (Å²) >= 11 is 0. The highest BCUT2D eigenvalue weighted by Gasteiger charge is 2.42. The van der Waals surface area contributed by atoms with Gasteiger partial charge >= 0.3 is 0 Å². The second kappa shape index (κ2) is 4.72. The van der Waals surface area contributed by atoms with Gasteiger partial charge in [-0.3, -0.25) is 4.98 Å². The van der Waals surface area contributed by atoms with Gasteiger partial charge in [0.15, 0.2) is 0 Å². The second-order valence-electron chi connectivity index (χ2n) is 4.92. The minimum absolute atomic E-state index is 0.0552. The van der Waals surface area contributed by atoms with Crippen LogP contribution in [-0.2, 0) is 16.1 Å². The molecule has 0 radical (unpaired) electrons. The molecule has 2 atom stereocenters. The van der Waals surface area contributed by atoms with Crippen molar-refractivity contribution in [3.8, 4) is 0 Å². The molecule has 92 valence electrons. The lowest BCUT2D eigenvalue weighted by Gasteiger charge is -2.20. The number of nitrogens with one attached hydrogen (secondary N) is 1. The number of nitrogens with zero attached hydrogens (tertiary/aromatic N) is 1. The van der Waals surface area contributed by atoms with Crippen LogP contribution >= 0.6 is 0 Å². The summed E-state index contributed by atoms with van der Waals surface area (Å²) in [6.07, 6.45) is 5.99. The third kappa shape index (κ3) is 2.49. The zero-order valence-electron chi connectivity index (χ0n) is 9.89. The fourth-order valence-electron chi connectivity index (χ4n) is 2.63. The van der Waals surface area contributed by atoms with Crippen molar-refractivity contribution in [2.75, 3.05) is 19.7 Å². The summed E-state index contributed by atoms with van der Waals surface area (Å²) in [6, 6.07) is 3.97. The van der Waals surface area contributed by atoms with Crippen molar-refractivity contribution < 1.29 is 9.47 Å². The lowest BCUT2D eigenvalue weighted by atomic mass is 9.98. The Bertz CT molecular complexity index is 363. The van der Waals surface area contributed by atoms with Crippen LogP contribution in [0.15, 0.2) is 24.5 Å². The van der Waals surface area contributed by atoms with Crippen molar-refractivity contribution in [3.05, 3.63) is 30.1 Å². The number of pyridine rings is 1. The minimum atomic E-state index is 0.0552. The molecule has 0 amide bonds. The Hall–Kier alpha value is -0.970. The highest BCUT2D eigenvalue weighted by atomic mass is 16.6. The number of rotatable bonds is 3. The van der Waals surface area contributed by atoms with E-state index in [0.717, 1.165) is 38.1 Å². The van der Waals surface area contributed by atoms with Crippen molar-refractivity contribution in [1.82, 2.24) is 10.3 Å². The van der Waals surface area contributed by atoms with E-state index in [1.165, 1.54) is 0 Å². The first-order valence-corrected chi connectivity index (χ1v) is 6.22. The molecule has 3 heterocycles. The van der Waals surface area contributed by atoms with Crippen LogP contribution in [0.2, 0.25) is 0 Å². The Morgan fingerprint density at radius 1 is 1.59 bits per heavy atom. The van der Waals surface area contributed by atoms with Crippen LogP contribution in [0.5, 0.6) is 0 Å². The SMILES string of the molecule is c1cncc(COC2COC3(CCNC3)C2)c1. The average Bonchev–Trinajstić information content (AvgIpc) is 2.99. The largest absolute Gasteiger partial charge is 0.371 e. The lowest BCUT2D eigenvalue weighted by molar-refractivity contribution is 0.00501. The number of hydrogen-bond acceptors (Lipinski definition) is 4. The third-order valence-electron chi connectivity index (χ3n) is 3.59. The molecule has 1 aromatic heterocycles. The quantitative estimate of drug-likeness (QED) is 0.851. The highest BCUT2D eigenvalue weighted by Crippen LogP contribution is 2.33. The van der Waals surface area contributed by atoms with Gasteiger partial charge in [0.05, 0.1) is 24.9 Å². The molecular formula is C13H18N2O2. The van der Waals surface area contributed by atoms with Crippen molar-refractivity contribution in [2.45, 2.75) is 31.2 Å².